The number of aliphatic imine (C=N–C) groups is 1. The summed E-state index contributed by atoms with van der Waals surface area (Å²) in [6.45, 7) is 6.56. The molecule has 1 aliphatic heterocycles. The molecule has 0 saturated heterocycles. The Bertz CT molecular complexity index is 607. The zero-order valence-corrected chi connectivity index (χ0v) is 14.4. The van der Waals surface area contributed by atoms with Crippen molar-refractivity contribution in [2.24, 2.45) is 4.99 Å². The van der Waals surface area contributed by atoms with Crippen molar-refractivity contribution < 1.29 is 9.47 Å². The first kappa shape index (κ1) is 16.7. The smallest absolute Gasteiger partial charge is 0.191 e. The molecular formula is C19H27N3O2. The molecule has 0 bridgehead atoms. The maximum atomic E-state index is 5.78. The largest absolute Gasteiger partial charge is 0.486 e. The number of nitrogens with zero attached hydrogens (tertiary/aromatic N) is 1. The van der Waals surface area contributed by atoms with Crippen molar-refractivity contribution in [3.63, 3.8) is 0 Å². The van der Waals surface area contributed by atoms with Gasteiger partial charge in [0, 0.05) is 25.6 Å². The van der Waals surface area contributed by atoms with Gasteiger partial charge < -0.3 is 20.1 Å². The van der Waals surface area contributed by atoms with Crippen LogP contribution in [0.4, 0.5) is 0 Å². The van der Waals surface area contributed by atoms with Gasteiger partial charge in [-0.15, -0.1) is 6.58 Å². The summed E-state index contributed by atoms with van der Waals surface area (Å²) in [5.41, 5.74) is 1.46. The first-order valence-electron chi connectivity index (χ1n) is 8.73. The Morgan fingerprint density at radius 2 is 1.96 bits per heavy atom. The molecule has 1 aromatic rings. The van der Waals surface area contributed by atoms with Crippen molar-refractivity contribution in [1.82, 2.24) is 10.6 Å². The van der Waals surface area contributed by atoms with Crippen molar-refractivity contribution in [3.05, 3.63) is 36.4 Å². The van der Waals surface area contributed by atoms with E-state index in [4.69, 9.17) is 9.47 Å². The summed E-state index contributed by atoms with van der Waals surface area (Å²) in [5, 5.41) is 6.72. The van der Waals surface area contributed by atoms with Crippen LogP contribution in [0.25, 0.3) is 0 Å². The summed E-state index contributed by atoms with van der Waals surface area (Å²) in [5.74, 6) is 2.55. The van der Waals surface area contributed by atoms with Crippen LogP contribution in [0.3, 0.4) is 0 Å². The van der Waals surface area contributed by atoms with E-state index >= 15 is 0 Å². The van der Waals surface area contributed by atoms with Crippen LogP contribution >= 0.6 is 0 Å². The van der Waals surface area contributed by atoms with E-state index in [9.17, 15) is 0 Å². The summed E-state index contributed by atoms with van der Waals surface area (Å²) in [6.07, 6.45) is 6.71. The molecular weight excluding hydrogens is 302 g/mol. The molecule has 0 aromatic heterocycles. The number of guanidine groups is 1. The predicted molar refractivity (Wildman–Crippen MR) is 97.1 cm³/mol. The maximum absolute atomic E-state index is 5.78. The van der Waals surface area contributed by atoms with Crippen LogP contribution in [0.15, 0.2) is 35.8 Å². The second-order valence-corrected chi connectivity index (χ2v) is 6.44. The van der Waals surface area contributed by atoms with E-state index in [1.54, 1.807) is 7.05 Å². The Kier molecular flexibility index (Phi) is 5.28. The first-order valence-corrected chi connectivity index (χ1v) is 8.73. The van der Waals surface area contributed by atoms with Crippen molar-refractivity contribution in [1.29, 1.82) is 0 Å². The van der Waals surface area contributed by atoms with E-state index in [1.807, 2.05) is 6.08 Å². The van der Waals surface area contributed by atoms with Crippen LogP contribution in [-0.4, -0.2) is 39.3 Å². The van der Waals surface area contributed by atoms with Crippen LogP contribution < -0.4 is 20.1 Å². The van der Waals surface area contributed by atoms with Gasteiger partial charge in [0.15, 0.2) is 17.5 Å². The van der Waals surface area contributed by atoms with Gasteiger partial charge in [0.05, 0.1) is 0 Å². The van der Waals surface area contributed by atoms with E-state index in [1.165, 1.54) is 31.2 Å². The lowest BCUT2D eigenvalue weighted by molar-refractivity contribution is 0.171. The Balaban J connectivity index is 1.77. The highest BCUT2D eigenvalue weighted by Crippen LogP contribution is 2.43. The molecule has 0 spiro atoms. The summed E-state index contributed by atoms with van der Waals surface area (Å²) in [6, 6.07) is 6.41. The van der Waals surface area contributed by atoms with Crippen molar-refractivity contribution in [2.45, 2.75) is 31.1 Å². The molecule has 1 aromatic carbocycles. The van der Waals surface area contributed by atoms with Gasteiger partial charge in [-0.05, 0) is 30.5 Å². The lowest BCUT2D eigenvalue weighted by atomic mass is 9.78. The van der Waals surface area contributed by atoms with Crippen molar-refractivity contribution in [2.75, 3.05) is 33.4 Å². The van der Waals surface area contributed by atoms with Crippen LogP contribution in [0.5, 0.6) is 11.5 Å². The molecule has 24 heavy (non-hydrogen) atoms. The van der Waals surface area contributed by atoms with E-state index in [0.717, 1.165) is 24.0 Å². The fraction of sp³-hybridized carbons (Fsp3) is 0.526. The number of ether oxygens (including phenoxy) is 2. The van der Waals surface area contributed by atoms with Gasteiger partial charge in [-0.2, -0.15) is 0 Å². The number of hydrogen-bond acceptors (Lipinski definition) is 3. The Hall–Kier alpha value is -2.17. The van der Waals surface area contributed by atoms with E-state index in [0.29, 0.717) is 19.8 Å². The zero-order chi connectivity index (χ0) is 16.8. The molecule has 130 valence electrons. The van der Waals surface area contributed by atoms with Crippen LogP contribution in [0.1, 0.15) is 31.2 Å². The lowest BCUT2D eigenvalue weighted by Crippen LogP contribution is -2.44. The lowest BCUT2D eigenvalue weighted by Gasteiger charge is -2.32. The van der Waals surface area contributed by atoms with Crippen LogP contribution in [0, 0.1) is 0 Å². The molecule has 3 rings (SSSR count). The molecule has 1 saturated carbocycles. The molecule has 0 radical (unpaired) electrons. The van der Waals surface area contributed by atoms with Gasteiger partial charge in [-0.1, -0.05) is 25.0 Å². The molecule has 2 aliphatic rings. The minimum absolute atomic E-state index is 0.127. The minimum atomic E-state index is 0.127. The third-order valence-electron chi connectivity index (χ3n) is 4.95. The van der Waals surface area contributed by atoms with Gasteiger partial charge in [-0.3, -0.25) is 4.99 Å². The normalized spacial score (nSPS) is 19.0. The molecule has 2 N–H and O–H groups in total. The molecule has 0 amide bonds. The van der Waals surface area contributed by atoms with Crippen LogP contribution in [-0.2, 0) is 5.41 Å². The number of rotatable bonds is 5. The fourth-order valence-electron chi connectivity index (χ4n) is 3.63. The standard InChI is InChI=1S/C19H27N3O2/c1-3-10-21-18(20-2)22-14-19(8-4-5-9-19)15-6-7-16-17(13-15)24-12-11-23-16/h3,6-7,13H,1,4-5,8-12,14H2,2H3,(H2,20,21,22). The van der Waals surface area contributed by atoms with Gasteiger partial charge in [0.2, 0.25) is 0 Å². The fourth-order valence-corrected chi connectivity index (χ4v) is 3.63. The quantitative estimate of drug-likeness (QED) is 0.495. The van der Waals surface area contributed by atoms with Crippen LogP contribution in [0.2, 0.25) is 0 Å². The molecule has 1 aliphatic carbocycles. The summed E-state index contributed by atoms with van der Waals surface area (Å²) < 4.78 is 11.4. The third-order valence-corrected chi connectivity index (χ3v) is 4.95. The van der Waals surface area contributed by atoms with Gasteiger partial charge in [0.25, 0.3) is 0 Å². The highest BCUT2D eigenvalue weighted by atomic mass is 16.6. The number of hydrogen-bond donors (Lipinski definition) is 2. The van der Waals surface area contributed by atoms with Crippen molar-refractivity contribution >= 4 is 5.96 Å². The number of benzene rings is 1. The average molecular weight is 329 g/mol. The molecule has 5 heteroatoms. The van der Waals surface area contributed by atoms with E-state index in [2.05, 4.69) is 40.4 Å². The SMILES string of the molecule is C=CCNC(=NC)NCC1(c2ccc3c(c2)OCCO3)CCCC1. The minimum Gasteiger partial charge on any atom is -0.486 e. The van der Waals surface area contributed by atoms with Gasteiger partial charge in [-0.25, -0.2) is 0 Å². The van der Waals surface area contributed by atoms with E-state index < -0.39 is 0 Å². The molecule has 5 nitrogen and oxygen atoms in total. The topological polar surface area (TPSA) is 54.9 Å². The predicted octanol–water partition coefficient (Wildman–Crippen LogP) is 2.62. The summed E-state index contributed by atoms with van der Waals surface area (Å²) >= 11 is 0. The second-order valence-electron chi connectivity index (χ2n) is 6.44. The Morgan fingerprint density at radius 1 is 1.21 bits per heavy atom. The number of nitrogens with one attached hydrogen (secondary N) is 2. The average Bonchev–Trinajstić information content (AvgIpc) is 3.11. The summed E-state index contributed by atoms with van der Waals surface area (Å²) in [4.78, 5) is 4.28. The Morgan fingerprint density at radius 3 is 2.67 bits per heavy atom. The first-order chi connectivity index (χ1) is 11.8. The highest BCUT2D eigenvalue weighted by Gasteiger charge is 2.36. The molecule has 0 unspecified atom stereocenters. The van der Waals surface area contributed by atoms with E-state index in [-0.39, 0.29) is 5.41 Å². The highest BCUT2D eigenvalue weighted by molar-refractivity contribution is 5.79. The van der Waals surface area contributed by atoms with Gasteiger partial charge in [0.1, 0.15) is 13.2 Å². The second kappa shape index (κ2) is 7.60. The molecule has 0 atom stereocenters. The number of fused-ring (bicyclic) bond motifs is 1. The van der Waals surface area contributed by atoms with Crippen molar-refractivity contribution in [3.8, 4) is 11.5 Å². The summed E-state index contributed by atoms with van der Waals surface area (Å²) in [7, 11) is 1.80. The Labute approximate surface area is 144 Å². The monoisotopic (exact) mass is 329 g/mol. The zero-order valence-electron chi connectivity index (χ0n) is 14.4. The third kappa shape index (κ3) is 3.50. The molecule has 1 fully saturated rings. The molecule has 1 heterocycles. The maximum Gasteiger partial charge on any atom is 0.191 e. The van der Waals surface area contributed by atoms with Gasteiger partial charge >= 0.3 is 0 Å².